The lowest BCUT2D eigenvalue weighted by Crippen LogP contribution is -2.25. The predicted octanol–water partition coefficient (Wildman–Crippen LogP) is 2.16. The molecule has 1 rings (SSSR count). The van der Waals surface area contributed by atoms with E-state index >= 15 is 0 Å². The molecule has 0 radical (unpaired) electrons. The molecule has 0 aliphatic rings. The van der Waals surface area contributed by atoms with Crippen molar-refractivity contribution in [3.63, 3.8) is 0 Å². The van der Waals surface area contributed by atoms with Gasteiger partial charge in [-0.3, -0.25) is 4.79 Å². The van der Waals surface area contributed by atoms with Crippen LogP contribution in [0.3, 0.4) is 0 Å². The van der Waals surface area contributed by atoms with Gasteiger partial charge in [0.25, 0.3) is 5.91 Å². The maximum Gasteiger partial charge on any atom is 0.251 e. The van der Waals surface area contributed by atoms with Crippen LogP contribution >= 0.6 is 23.2 Å². The number of aromatic nitrogens is 1. The Morgan fingerprint density at radius 3 is 2.76 bits per heavy atom. The maximum atomic E-state index is 11.8. The van der Waals surface area contributed by atoms with Crippen molar-refractivity contribution in [3.05, 3.63) is 22.8 Å². The summed E-state index contributed by atoms with van der Waals surface area (Å²) in [5.41, 5.74) is 0.503. The zero-order valence-electron chi connectivity index (χ0n) is 9.83. The molecule has 0 aromatic carbocycles. The van der Waals surface area contributed by atoms with Gasteiger partial charge in [0, 0.05) is 32.1 Å². The Labute approximate surface area is 111 Å². The second-order valence-corrected chi connectivity index (χ2v) is 4.49. The van der Waals surface area contributed by atoms with Gasteiger partial charge >= 0.3 is 0 Å². The fraction of sp³-hybridized carbons (Fsp3) is 0.455. The molecule has 1 N–H and O–H groups in total. The minimum atomic E-state index is -0.164. The van der Waals surface area contributed by atoms with Crippen molar-refractivity contribution in [1.82, 2.24) is 10.3 Å². The summed E-state index contributed by atoms with van der Waals surface area (Å²) in [6.07, 6.45) is 0.743. The number of rotatable bonds is 5. The summed E-state index contributed by atoms with van der Waals surface area (Å²) in [6, 6.07) is 3.24. The first kappa shape index (κ1) is 14.1. The highest BCUT2D eigenvalue weighted by Gasteiger charge is 2.09. The van der Waals surface area contributed by atoms with Gasteiger partial charge in [0.05, 0.1) is 0 Å². The Bertz CT molecular complexity index is 396. The number of carbonyl (C=O) groups excluding carboxylic acids is 1. The van der Waals surface area contributed by atoms with E-state index in [0.717, 1.165) is 6.42 Å². The van der Waals surface area contributed by atoms with E-state index in [1.165, 1.54) is 0 Å². The number of alkyl halides is 1. The average molecular weight is 276 g/mol. The fourth-order valence-electron chi connectivity index (χ4n) is 1.21. The normalized spacial score (nSPS) is 10.1. The van der Waals surface area contributed by atoms with Crippen LogP contribution < -0.4 is 10.2 Å². The number of amides is 1. The topological polar surface area (TPSA) is 45.2 Å². The highest BCUT2D eigenvalue weighted by atomic mass is 35.5. The van der Waals surface area contributed by atoms with Gasteiger partial charge in [0.1, 0.15) is 11.0 Å². The van der Waals surface area contributed by atoms with Crippen molar-refractivity contribution in [1.29, 1.82) is 0 Å². The number of pyridine rings is 1. The van der Waals surface area contributed by atoms with Gasteiger partial charge in [0.15, 0.2) is 0 Å². The molecule has 17 heavy (non-hydrogen) atoms. The highest BCUT2D eigenvalue weighted by molar-refractivity contribution is 6.29. The minimum Gasteiger partial charge on any atom is -0.363 e. The predicted molar refractivity (Wildman–Crippen MR) is 71.2 cm³/mol. The molecule has 1 aromatic rings. The molecule has 94 valence electrons. The lowest BCUT2D eigenvalue weighted by Gasteiger charge is -2.13. The van der Waals surface area contributed by atoms with Crippen molar-refractivity contribution in [2.24, 2.45) is 0 Å². The molecule has 0 saturated heterocycles. The number of carbonyl (C=O) groups is 1. The summed E-state index contributed by atoms with van der Waals surface area (Å²) >= 11 is 11.4. The number of anilines is 1. The Hall–Kier alpha value is -1.00. The average Bonchev–Trinajstić information content (AvgIpc) is 2.28. The second kappa shape index (κ2) is 6.67. The van der Waals surface area contributed by atoms with E-state index in [4.69, 9.17) is 23.2 Å². The van der Waals surface area contributed by atoms with Crippen LogP contribution in [0, 0.1) is 0 Å². The Morgan fingerprint density at radius 1 is 1.47 bits per heavy atom. The highest BCUT2D eigenvalue weighted by Crippen LogP contribution is 2.16. The molecule has 0 bridgehead atoms. The fourth-order valence-corrected chi connectivity index (χ4v) is 1.55. The molecule has 0 saturated carbocycles. The van der Waals surface area contributed by atoms with Crippen LogP contribution in [0.5, 0.6) is 0 Å². The van der Waals surface area contributed by atoms with Gasteiger partial charge in [-0.05, 0) is 18.6 Å². The molecule has 4 nitrogen and oxygen atoms in total. The van der Waals surface area contributed by atoms with Crippen LogP contribution in [0.15, 0.2) is 12.1 Å². The first-order valence-corrected chi connectivity index (χ1v) is 6.15. The minimum absolute atomic E-state index is 0.164. The van der Waals surface area contributed by atoms with E-state index in [1.807, 2.05) is 14.1 Å². The van der Waals surface area contributed by atoms with Crippen molar-refractivity contribution in [2.75, 3.05) is 31.4 Å². The van der Waals surface area contributed by atoms with E-state index in [-0.39, 0.29) is 5.91 Å². The molecule has 0 spiro atoms. The van der Waals surface area contributed by atoms with E-state index in [0.29, 0.717) is 29.0 Å². The van der Waals surface area contributed by atoms with Gasteiger partial charge in [-0.1, -0.05) is 11.6 Å². The number of nitrogens with one attached hydrogen (secondary N) is 1. The standard InChI is InChI=1S/C11H15Cl2N3O/c1-16(2)10-7-8(6-9(13)15-10)11(17)14-5-3-4-12/h6-7H,3-5H2,1-2H3,(H,14,17). The monoisotopic (exact) mass is 275 g/mol. The Morgan fingerprint density at radius 2 is 2.18 bits per heavy atom. The van der Waals surface area contributed by atoms with Crippen molar-refractivity contribution in [3.8, 4) is 0 Å². The molecule has 0 aliphatic heterocycles. The first-order chi connectivity index (χ1) is 8.04. The van der Waals surface area contributed by atoms with E-state index in [2.05, 4.69) is 10.3 Å². The van der Waals surface area contributed by atoms with Gasteiger partial charge in [-0.15, -0.1) is 11.6 Å². The summed E-state index contributed by atoms with van der Waals surface area (Å²) in [5.74, 6) is 1.02. The van der Waals surface area contributed by atoms with Crippen LogP contribution in [0.25, 0.3) is 0 Å². The number of hydrogen-bond acceptors (Lipinski definition) is 3. The smallest absolute Gasteiger partial charge is 0.251 e. The molecule has 0 aliphatic carbocycles. The molecule has 0 unspecified atom stereocenters. The molecular weight excluding hydrogens is 261 g/mol. The largest absolute Gasteiger partial charge is 0.363 e. The van der Waals surface area contributed by atoms with Crippen molar-refractivity contribution in [2.45, 2.75) is 6.42 Å². The van der Waals surface area contributed by atoms with E-state index < -0.39 is 0 Å². The number of halogens is 2. The SMILES string of the molecule is CN(C)c1cc(C(=O)NCCCCl)cc(Cl)n1. The second-order valence-electron chi connectivity index (χ2n) is 3.73. The van der Waals surface area contributed by atoms with Crippen molar-refractivity contribution >= 4 is 34.9 Å². The molecule has 1 amide bonds. The first-order valence-electron chi connectivity index (χ1n) is 5.23. The molecule has 1 aromatic heterocycles. The number of hydrogen-bond donors (Lipinski definition) is 1. The quantitative estimate of drug-likeness (QED) is 0.509. The summed E-state index contributed by atoms with van der Waals surface area (Å²) in [7, 11) is 3.68. The van der Waals surface area contributed by atoms with E-state index in [9.17, 15) is 4.79 Å². The summed E-state index contributed by atoms with van der Waals surface area (Å²) in [5, 5.41) is 3.07. The third-order valence-electron chi connectivity index (χ3n) is 2.10. The Kier molecular flexibility index (Phi) is 5.51. The molecular formula is C11H15Cl2N3O. The van der Waals surface area contributed by atoms with Crippen LogP contribution in [0.4, 0.5) is 5.82 Å². The summed E-state index contributed by atoms with van der Waals surface area (Å²) in [6.45, 7) is 0.555. The molecule has 6 heteroatoms. The van der Waals surface area contributed by atoms with Crippen LogP contribution in [0.1, 0.15) is 16.8 Å². The van der Waals surface area contributed by atoms with Crippen molar-refractivity contribution < 1.29 is 4.79 Å². The van der Waals surface area contributed by atoms with Crippen LogP contribution in [0.2, 0.25) is 5.15 Å². The van der Waals surface area contributed by atoms with Crippen LogP contribution in [-0.2, 0) is 0 Å². The zero-order chi connectivity index (χ0) is 12.8. The lowest BCUT2D eigenvalue weighted by molar-refractivity contribution is 0.0953. The maximum absolute atomic E-state index is 11.8. The van der Waals surface area contributed by atoms with Gasteiger partial charge < -0.3 is 10.2 Å². The third kappa shape index (κ3) is 4.40. The lowest BCUT2D eigenvalue weighted by atomic mass is 10.2. The molecule has 0 fully saturated rings. The molecule has 0 atom stereocenters. The van der Waals surface area contributed by atoms with Gasteiger partial charge in [-0.2, -0.15) is 0 Å². The van der Waals surface area contributed by atoms with E-state index in [1.54, 1.807) is 17.0 Å². The van der Waals surface area contributed by atoms with Crippen LogP contribution in [-0.4, -0.2) is 37.4 Å². The summed E-state index contributed by atoms with van der Waals surface area (Å²) in [4.78, 5) is 17.7. The van der Waals surface area contributed by atoms with Gasteiger partial charge in [-0.25, -0.2) is 4.98 Å². The Balaban J connectivity index is 2.79. The summed E-state index contributed by atoms with van der Waals surface area (Å²) < 4.78 is 0. The number of nitrogens with zero attached hydrogens (tertiary/aromatic N) is 2. The zero-order valence-corrected chi connectivity index (χ0v) is 11.3. The van der Waals surface area contributed by atoms with Gasteiger partial charge in [0.2, 0.25) is 0 Å². The third-order valence-corrected chi connectivity index (χ3v) is 2.56. The molecule has 1 heterocycles.